The Balaban J connectivity index is 1.41. The standard InChI is InChI=1S/C29H26Cl2N10O7S2/c1-16(42)15-32-26-36-24(30)37-28(40-26)34-20-11-9-17(22(13-20)49(43,44)45)7-8-18-10-12-21(14-23(18)50(46,47)48)35-29-39-25(31)38-27(41-29)33-19-5-3-2-4-6-19/h2-14,16,42H,15H2,1H3,(H,43,44,45)(H,46,47,48)(H2,32,34,36,37,40)(H2,33,35,38,39,41)/b8-7+. The lowest BCUT2D eigenvalue weighted by molar-refractivity contribution is 0.208. The van der Waals surface area contributed by atoms with Crippen LogP contribution >= 0.6 is 23.2 Å². The Morgan fingerprint density at radius 3 is 1.50 bits per heavy atom. The van der Waals surface area contributed by atoms with Gasteiger partial charge < -0.3 is 26.4 Å². The summed E-state index contributed by atoms with van der Waals surface area (Å²) in [6, 6.07) is 16.8. The third-order valence-corrected chi connectivity index (χ3v) is 8.50. The molecule has 0 aliphatic heterocycles. The molecular formula is C29H26Cl2N10O7S2. The van der Waals surface area contributed by atoms with Crippen LogP contribution in [-0.4, -0.2) is 73.6 Å². The fraction of sp³-hybridized carbons (Fsp3) is 0.103. The lowest BCUT2D eigenvalue weighted by Crippen LogP contribution is -2.17. The quantitative estimate of drug-likeness (QED) is 0.0612. The van der Waals surface area contributed by atoms with E-state index in [4.69, 9.17) is 23.2 Å². The van der Waals surface area contributed by atoms with Crippen LogP contribution in [0.25, 0.3) is 12.2 Å². The normalized spacial score (nSPS) is 12.4. The van der Waals surface area contributed by atoms with Crippen molar-refractivity contribution in [2.75, 3.05) is 27.8 Å². The Morgan fingerprint density at radius 2 is 1.06 bits per heavy atom. The van der Waals surface area contributed by atoms with Gasteiger partial charge in [0, 0.05) is 23.6 Å². The fourth-order valence-corrected chi connectivity index (χ4v) is 5.96. The molecule has 0 saturated heterocycles. The van der Waals surface area contributed by atoms with Crippen molar-refractivity contribution in [3.05, 3.63) is 88.4 Å². The average Bonchev–Trinajstić information content (AvgIpc) is 3.02. The smallest absolute Gasteiger partial charge is 0.295 e. The van der Waals surface area contributed by atoms with Gasteiger partial charge in [-0.15, -0.1) is 0 Å². The predicted molar refractivity (Wildman–Crippen MR) is 188 cm³/mol. The summed E-state index contributed by atoms with van der Waals surface area (Å²) >= 11 is 12.0. The van der Waals surface area contributed by atoms with Gasteiger partial charge in [-0.05, 0) is 77.7 Å². The number of aliphatic hydroxyl groups is 1. The van der Waals surface area contributed by atoms with Crippen LogP contribution in [0.15, 0.2) is 76.5 Å². The second-order valence-corrected chi connectivity index (χ2v) is 13.7. The third-order valence-electron chi connectivity index (χ3n) is 6.34. The van der Waals surface area contributed by atoms with Crippen LogP contribution in [0.5, 0.6) is 0 Å². The first kappa shape index (κ1) is 36.3. The van der Waals surface area contributed by atoms with Crippen molar-refractivity contribution in [3.63, 3.8) is 0 Å². The Kier molecular flexibility index (Phi) is 11.1. The second kappa shape index (κ2) is 15.3. The molecule has 0 spiro atoms. The maximum Gasteiger partial charge on any atom is 0.295 e. The van der Waals surface area contributed by atoms with Crippen LogP contribution in [0.1, 0.15) is 18.1 Å². The molecule has 2 heterocycles. The van der Waals surface area contributed by atoms with Gasteiger partial charge in [-0.25, -0.2) is 0 Å². The molecule has 0 aliphatic rings. The topological polar surface area (TPSA) is 254 Å². The van der Waals surface area contributed by atoms with E-state index in [1.807, 2.05) is 6.07 Å². The van der Waals surface area contributed by atoms with Crippen LogP contribution in [0.3, 0.4) is 0 Å². The molecule has 1 unspecified atom stereocenters. The Bertz CT molecular complexity index is 2280. The van der Waals surface area contributed by atoms with Gasteiger partial charge in [0.1, 0.15) is 9.79 Å². The number of hydrogen-bond donors (Lipinski definition) is 7. The zero-order chi connectivity index (χ0) is 36.1. The molecule has 0 aliphatic carbocycles. The maximum atomic E-state index is 12.4. The van der Waals surface area contributed by atoms with Gasteiger partial charge in [0.15, 0.2) is 0 Å². The highest BCUT2D eigenvalue weighted by atomic mass is 35.5. The van der Waals surface area contributed by atoms with E-state index in [-0.39, 0.29) is 63.4 Å². The first-order chi connectivity index (χ1) is 23.6. The van der Waals surface area contributed by atoms with Crippen molar-refractivity contribution in [3.8, 4) is 0 Å². The summed E-state index contributed by atoms with van der Waals surface area (Å²) in [5, 5.41) is 20.5. The Morgan fingerprint density at radius 1 is 0.640 bits per heavy atom. The van der Waals surface area contributed by atoms with E-state index in [0.29, 0.717) is 5.69 Å². The van der Waals surface area contributed by atoms with E-state index in [1.54, 1.807) is 31.2 Å². The zero-order valence-corrected chi connectivity index (χ0v) is 28.7. The van der Waals surface area contributed by atoms with Gasteiger partial charge >= 0.3 is 0 Å². The van der Waals surface area contributed by atoms with Crippen LogP contribution in [0.4, 0.5) is 40.9 Å². The molecule has 7 N–H and O–H groups in total. The summed E-state index contributed by atoms with van der Waals surface area (Å²) in [6.07, 6.45) is 1.76. The fourth-order valence-electron chi connectivity index (χ4n) is 4.22. The highest BCUT2D eigenvalue weighted by Gasteiger charge is 2.19. The van der Waals surface area contributed by atoms with Gasteiger partial charge in [0.05, 0.1) is 6.10 Å². The molecular weight excluding hydrogens is 735 g/mol. The number of anilines is 7. The number of nitrogens with one attached hydrogen (secondary N) is 4. The zero-order valence-electron chi connectivity index (χ0n) is 25.5. The lowest BCUT2D eigenvalue weighted by Gasteiger charge is -2.11. The van der Waals surface area contributed by atoms with Crippen LogP contribution in [0, 0.1) is 0 Å². The number of hydrogen-bond acceptors (Lipinski definition) is 15. The highest BCUT2D eigenvalue weighted by molar-refractivity contribution is 7.86. The van der Waals surface area contributed by atoms with Gasteiger partial charge in [-0.1, -0.05) is 42.5 Å². The molecule has 0 fully saturated rings. The minimum atomic E-state index is -4.82. The average molecular weight is 762 g/mol. The molecule has 0 saturated carbocycles. The first-order valence-electron chi connectivity index (χ1n) is 14.1. The molecule has 5 rings (SSSR count). The third kappa shape index (κ3) is 10.0. The number of halogens is 2. The Labute approximate surface area is 295 Å². The van der Waals surface area contributed by atoms with Crippen molar-refractivity contribution in [1.82, 2.24) is 29.9 Å². The summed E-state index contributed by atoms with van der Waals surface area (Å²) in [7, 11) is -9.63. The molecule has 0 amide bonds. The summed E-state index contributed by atoms with van der Waals surface area (Å²) in [6.45, 7) is 1.67. The van der Waals surface area contributed by atoms with Crippen LogP contribution < -0.4 is 21.3 Å². The van der Waals surface area contributed by atoms with E-state index in [1.165, 1.54) is 36.4 Å². The van der Waals surface area contributed by atoms with E-state index in [0.717, 1.165) is 12.1 Å². The number of nitrogens with zero attached hydrogens (tertiary/aromatic N) is 6. The molecule has 3 aromatic carbocycles. The molecule has 21 heteroatoms. The molecule has 50 heavy (non-hydrogen) atoms. The van der Waals surface area contributed by atoms with E-state index >= 15 is 0 Å². The minimum Gasteiger partial charge on any atom is -0.392 e. The SMILES string of the molecule is CC(O)CNc1nc(Cl)nc(Nc2ccc(/C=C/c3ccc(Nc4nc(Cl)nc(Nc5ccccc5)n4)cc3S(=O)(=O)O)c(S(=O)(=O)O)c2)n1. The largest absolute Gasteiger partial charge is 0.392 e. The first-order valence-corrected chi connectivity index (χ1v) is 17.8. The van der Waals surface area contributed by atoms with Gasteiger partial charge in [0.25, 0.3) is 20.2 Å². The second-order valence-electron chi connectivity index (χ2n) is 10.3. The molecule has 0 bridgehead atoms. The predicted octanol–water partition coefficient (Wildman–Crippen LogP) is 5.05. The highest BCUT2D eigenvalue weighted by Crippen LogP contribution is 2.28. The van der Waals surface area contributed by atoms with Crippen molar-refractivity contribution in [2.24, 2.45) is 0 Å². The molecule has 17 nitrogen and oxygen atoms in total. The summed E-state index contributed by atoms with van der Waals surface area (Å²) in [5.41, 5.74) is 0.899. The molecule has 5 aromatic rings. The van der Waals surface area contributed by atoms with Crippen molar-refractivity contribution >= 4 is 96.4 Å². The molecule has 2 aromatic heterocycles. The maximum absolute atomic E-state index is 12.4. The van der Waals surface area contributed by atoms with E-state index < -0.39 is 36.1 Å². The van der Waals surface area contributed by atoms with Crippen molar-refractivity contribution in [1.29, 1.82) is 0 Å². The lowest BCUT2D eigenvalue weighted by atomic mass is 10.1. The summed E-state index contributed by atoms with van der Waals surface area (Å²) in [4.78, 5) is 23.1. The Hall–Kier alpha value is -5.02. The summed E-state index contributed by atoms with van der Waals surface area (Å²) < 4.78 is 69.5. The number of aromatic nitrogens is 6. The summed E-state index contributed by atoms with van der Waals surface area (Å²) in [5.74, 6) is 0.0416. The number of para-hydroxylation sites is 1. The van der Waals surface area contributed by atoms with Crippen molar-refractivity contribution < 1.29 is 31.0 Å². The van der Waals surface area contributed by atoms with Gasteiger partial charge in [0.2, 0.25) is 34.4 Å². The van der Waals surface area contributed by atoms with Gasteiger partial charge in [-0.3, -0.25) is 9.11 Å². The van der Waals surface area contributed by atoms with Gasteiger partial charge in [-0.2, -0.15) is 46.7 Å². The van der Waals surface area contributed by atoms with E-state index in [2.05, 4.69) is 51.2 Å². The minimum absolute atomic E-state index is 0.0290. The molecule has 0 radical (unpaired) electrons. The molecule has 260 valence electrons. The number of benzene rings is 3. The van der Waals surface area contributed by atoms with Crippen LogP contribution in [0.2, 0.25) is 10.6 Å². The molecule has 1 atom stereocenters. The van der Waals surface area contributed by atoms with E-state index in [9.17, 15) is 31.0 Å². The van der Waals surface area contributed by atoms with Crippen LogP contribution in [-0.2, 0) is 20.2 Å². The van der Waals surface area contributed by atoms with Crippen molar-refractivity contribution in [2.45, 2.75) is 22.8 Å². The number of aliphatic hydroxyl groups excluding tert-OH is 1. The monoisotopic (exact) mass is 760 g/mol. The number of rotatable bonds is 13.